The molecule has 5 heteroatoms. The predicted octanol–water partition coefficient (Wildman–Crippen LogP) is 11.9. The lowest BCUT2D eigenvalue weighted by Crippen LogP contribution is -2.06. The van der Waals surface area contributed by atoms with Crippen LogP contribution in [-0.4, -0.2) is 19.1 Å². The van der Waals surface area contributed by atoms with Gasteiger partial charge < -0.3 is 9.30 Å². The largest absolute Gasteiger partial charge is 0.456 e. The monoisotopic (exact) mass is 650 g/mol. The van der Waals surface area contributed by atoms with E-state index in [1.807, 2.05) is 30.3 Å². The summed E-state index contributed by atoms with van der Waals surface area (Å²) in [6, 6.07) is 56.0. The summed E-state index contributed by atoms with van der Waals surface area (Å²) < 4.78 is 11.0. The van der Waals surface area contributed by atoms with E-state index in [0.29, 0.717) is 5.95 Å². The Morgan fingerprint density at radius 1 is 0.412 bits per heavy atom. The van der Waals surface area contributed by atoms with Gasteiger partial charge in [-0.05, 0) is 76.1 Å². The van der Waals surface area contributed by atoms with Crippen LogP contribution in [0.15, 0.2) is 158 Å². The molecule has 0 atom stereocenters. The molecule has 4 heterocycles. The fourth-order valence-corrected chi connectivity index (χ4v) is 8.59. The normalized spacial score (nSPS) is 12.5. The smallest absolute Gasteiger partial charge is 0.235 e. The molecule has 0 unspecified atom stereocenters. The summed E-state index contributed by atoms with van der Waals surface area (Å²) >= 11 is 0. The molecular formula is C46H26N4O. The average Bonchev–Trinajstić information content (AvgIpc) is 3.71. The van der Waals surface area contributed by atoms with E-state index >= 15 is 0 Å². The van der Waals surface area contributed by atoms with Crippen molar-refractivity contribution >= 4 is 76.1 Å². The van der Waals surface area contributed by atoms with Crippen molar-refractivity contribution in [1.29, 1.82) is 0 Å². The minimum atomic E-state index is 0.635. The molecule has 0 aliphatic carbocycles. The van der Waals surface area contributed by atoms with Gasteiger partial charge in [-0.25, -0.2) is 9.97 Å². The molecule has 0 saturated heterocycles. The average molecular weight is 651 g/mol. The van der Waals surface area contributed by atoms with Crippen molar-refractivity contribution in [2.24, 2.45) is 0 Å². The Bertz CT molecular complexity index is 3280. The van der Waals surface area contributed by atoms with E-state index in [0.717, 1.165) is 55.8 Å². The highest BCUT2D eigenvalue weighted by molar-refractivity contribution is 6.31. The van der Waals surface area contributed by atoms with Gasteiger partial charge in [-0.1, -0.05) is 103 Å². The zero-order chi connectivity index (χ0) is 33.2. The van der Waals surface area contributed by atoms with Crippen LogP contribution in [0, 0.1) is 0 Å². The van der Waals surface area contributed by atoms with Crippen LogP contribution in [0.25, 0.3) is 99.0 Å². The molecule has 236 valence electrons. The maximum Gasteiger partial charge on any atom is 0.235 e. The van der Waals surface area contributed by atoms with Crippen LogP contribution in [0.2, 0.25) is 0 Å². The van der Waals surface area contributed by atoms with Crippen LogP contribution >= 0.6 is 0 Å². The SMILES string of the molecule is c1ccc(-n2c3ccc4c5ccccc5ccc4c3c3ccc4c(c5ccccc5n4-c4nc5c6c(cccc6n4)Oc4ccccc4-5)c32)cc1. The van der Waals surface area contributed by atoms with Crippen LogP contribution in [0.3, 0.4) is 0 Å². The fourth-order valence-electron chi connectivity index (χ4n) is 8.59. The van der Waals surface area contributed by atoms with Crippen molar-refractivity contribution in [2.75, 3.05) is 0 Å². The van der Waals surface area contributed by atoms with Crippen molar-refractivity contribution < 1.29 is 4.74 Å². The molecule has 0 radical (unpaired) electrons. The number of nitrogens with zero attached hydrogens (tertiary/aromatic N) is 4. The molecule has 12 rings (SSSR count). The van der Waals surface area contributed by atoms with Crippen LogP contribution in [0.4, 0.5) is 0 Å². The van der Waals surface area contributed by atoms with Crippen LogP contribution in [0.1, 0.15) is 0 Å². The first-order valence-corrected chi connectivity index (χ1v) is 17.3. The Labute approximate surface area is 291 Å². The zero-order valence-corrected chi connectivity index (χ0v) is 27.2. The van der Waals surface area contributed by atoms with E-state index in [2.05, 4.69) is 137 Å². The summed E-state index contributed by atoms with van der Waals surface area (Å²) in [5, 5.41) is 10.8. The molecule has 1 aliphatic rings. The highest BCUT2D eigenvalue weighted by atomic mass is 16.5. The van der Waals surface area contributed by atoms with Gasteiger partial charge in [0.05, 0.1) is 38.7 Å². The Morgan fingerprint density at radius 3 is 2.06 bits per heavy atom. The lowest BCUT2D eigenvalue weighted by atomic mass is 9.98. The topological polar surface area (TPSA) is 44.9 Å². The van der Waals surface area contributed by atoms with Crippen molar-refractivity contribution in [3.05, 3.63) is 158 Å². The Morgan fingerprint density at radius 2 is 1.14 bits per heavy atom. The third-order valence-electron chi connectivity index (χ3n) is 10.7. The molecule has 0 bridgehead atoms. The Kier molecular flexibility index (Phi) is 5.17. The van der Waals surface area contributed by atoms with Gasteiger partial charge in [0.25, 0.3) is 0 Å². The fraction of sp³-hybridized carbons (Fsp3) is 0. The molecule has 1 aliphatic heterocycles. The highest BCUT2D eigenvalue weighted by Crippen LogP contribution is 2.47. The second-order valence-corrected chi connectivity index (χ2v) is 13.3. The second-order valence-electron chi connectivity index (χ2n) is 13.3. The Hall–Kier alpha value is -6.98. The quantitative estimate of drug-likeness (QED) is 0.175. The number of rotatable bonds is 2. The van der Waals surface area contributed by atoms with Crippen molar-refractivity contribution in [1.82, 2.24) is 19.1 Å². The first-order valence-electron chi connectivity index (χ1n) is 17.3. The number of hydrogen-bond donors (Lipinski definition) is 0. The van der Waals surface area contributed by atoms with Crippen molar-refractivity contribution in [2.45, 2.75) is 0 Å². The molecule has 3 aromatic heterocycles. The number of ether oxygens (including phenoxy) is 1. The van der Waals surface area contributed by atoms with Crippen LogP contribution in [-0.2, 0) is 0 Å². The molecule has 0 spiro atoms. The van der Waals surface area contributed by atoms with Gasteiger partial charge in [0.2, 0.25) is 5.95 Å². The van der Waals surface area contributed by atoms with Gasteiger partial charge >= 0.3 is 0 Å². The third-order valence-corrected chi connectivity index (χ3v) is 10.7. The molecule has 0 fully saturated rings. The molecule has 5 nitrogen and oxygen atoms in total. The lowest BCUT2D eigenvalue weighted by molar-refractivity contribution is 0.486. The number of hydrogen-bond acceptors (Lipinski definition) is 3. The van der Waals surface area contributed by atoms with E-state index in [-0.39, 0.29) is 0 Å². The standard InChI is InChI=1S/C46H26N4O/c1-2-12-28(13-3-1)49-37-25-23-30-29-14-5-4-11-27(29)21-22-31(30)41(37)34-24-26-38-42(45(34)49)32-15-6-8-18-36(32)50(38)46-47-35-17-10-20-40-43(35)44(48-46)33-16-7-9-19-39(33)51-40/h1-26H. The molecule has 0 N–H and O–H groups in total. The Balaban J connectivity index is 1.26. The minimum Gasteiger partial charge on any atom is -0.456 e. The van der Waals surface area contributed by atoms with Crippen LogP contribution < -0.4 is 4.74 Å². The highest BCUT2D eigenvalue weighted by Gasteiger charge is 2.26. The zero-order valence-electron chi connectivity index (χ0n) is 27.2. The molecule has 0 amide bonds. The molecule has 11 aromatic rings. The van der Waals surface area contributed by atoms with Gasteiger partial charge in [-0.3, -0.25) is 4.57 Å². The summed E-state index contributed by atoms with van der Waals surface area (Å²) in [7, 11) is 0. The summed E-state index contributed by atoms with van der Waals surface area (Å²) in [6.45, 7) is 0. The van der Waals surface area contributed by atoms with Gasteiger partial charge in [0.1, 0.15) is 11.5 Å². The van der Waals surface area contributed by atoms with E-state index < -0.39 is 0 Å². The van der Waals surface area contributed by atoms with Gasteiger partial charge in [-0.15, -0.1) is 0 Å². The first kappa shape index (κ1) is 26.9. The number of benzene rings is 8. The maximum atomic E-state index is 6.32. The minimum absolute atomic E-state index is 0.635. The van der Waals surface area contributed by atoms with Crippen LogP contribution in [0.5, 0.6) is 11.5 Å². The third kappa shape index (κ3) is 3.54. The van der Waals surface area contributed by atoms with Gasteiger partial charge in [0.15, 0.2) is 0 Å². The summed E-state index contributed by atoms with van der Waals surface area (Å²) in [5.74, 6) is 2.22. The van der Waals surface area contributed by atoms with E-state index in [4.69, 9.17) is 14.7 Å². The van der Waals surface area contributed by atoms with E-state index in [9.17, 15) is 0 Å². The maximum absolute atomic E-state index is 6.32. The first-order chi connectivity index (χ1) is 25.3. The van der Waals surface area contributed by atoms with Gasteiger partial charge in [0, 0.05) is 32.8 Å². The van der Waals surface area contributed by atoms with E-state index in [1.54, 1.807) is 0 Å². The molecular weight excluding hydrogens is 625 g/mol. The van der Waals surface area contributed by atoms with Gasteiger partial charge in [-0.2, -0.15) is 0 Å². The molecule has 51 heavy (non-hydrogen) atoms. The summed E-state index contributed by atoms with van der Waals surface area (Å²) in [5.41, 5.74) is 8.30. The number of fused-ring (bicyclic) bond motifs is 13. The van der Waals surface area contributed by atoms with Crippen molar-refractivity contribution in [3.63, 3.8) is 0 Å². The van der Waals surface area contributed by atoms with E-state index in [1.165, 1.54) is 48.7 Å². The molecule has 0 saturated carbocycles. The number of para-hydroxylation sites is 3. The lowest BCUT2D eigenvalue weighted by Gasteiger charge is -2.20. The summed E-state index contributed by atoms with van der Waals surface area (Å²) in [6.07, 6.45) is 0. The molecule has 8 aromatic carbocycles. The van der Waals surface area contributed by atoms with Crippen molar-refractivity contribution in [3.8, 4) is 34.4 Å². The second kappa shape index (κ2) is 9.80. The predicted molar refractivity (Wildman–Crippen MR) is 209 cm³/mol. The summed E-state index contributed by atoms with van der Waals surface area (Å²) in [4.78, 5) is 10.6. The number of aromatic nitrogens is 4.